The second-order valence-corrected chi connectivity index (χ2v) is 8.87. The second kappa shape index (κ2) is 11.9. The molecule has 0 fully saturated rings. The van der Waals surface area contributed by atoms with Gasteiger partial charge in [0.2, 0.25) is 5.91 Å². The molecule has 1 N–H and O–H groups in total. The van der Waals surface area contributed by atoms with Crippen LogP contribution in [0, 0.1) is 0 Å². The van der Waals surface area contributed by atoms with Gasteiger partial charge in [-0.15, -0.1) is 0 Å². The van der Waals surface area contributed by atoms with Crippen LogP contribution in [0.2, 0.25) is 0 Å². The van der Waals surface area contributed by atoms with Gasteiger partial charge in [0.1, 0.15) is 5.75 Å². The Balaban J connectivity index is 1.49. The number of nitrogens with one attached hydrogen (secondary N) is 1. The maximum absolute atomic E-state index is 12.6. The average Bonchev–Trinajstić information content (AvgIpc) is 2.92. The summed E-state index contributed by atoms with van der Waals surface area (Å²) in [5, 5.41) is 3.09. The molecule has 0 aromatic heterocycles. The van der Waals surface area contributed by atoms with Crippen molar-refractivity contribution in [1.82, 2.24) is 5.32 Å². The van der Waals surface area contributed by atoms with Crippen LogP contribution in [-0.4, -0.2) is 27.1 Å². The first-order valence-corrected chi connectivity index (χ1v) is 12.1. The molecule has 182 valence electrons. The van der Waals surface area contributed by atoms with E-state index in [1.807, 2.05) is 50.5 Å². The molecule has 1 amide bonds. The minimum absolute atomic E-state index is 0.00989. The summed E-state index contributed by atoms with van der Waals surface area (Å²) in [6.45, 7) is 0.467. The van der Waals surface area contributed by atoms with Crippen molar-refractivity contribution >= 4 is 23.7 Å². The van der Waals surface area contributed by atoms with E-state index in [0.717, 1.165) is 39.1 Å². The average molecular weight is 477 g/mol. The number of carbonyl (C=O) groups is 1. The van der Waals surface area contributed by atoms with E-state index in [-0.39, 0.29) is 5.91 Å². The monoisotopic (exact) mass is 476 g/mol. The van der Waals surface area contributed by atoms with Crippen LogP contribution in [0.25, 0.3) is 23.3 Å². The van der Waals surface area contributed by atoms with Crippen LogP contribution in [0.1, 0.15) is 22.3 Å². The Morgan fingerprint density at radius 3 is 2.17 bits per heavy atom. The molecular formula is C32H32N2O2. The molecule has 4 heteroatoms. The summed E-state index contributed by atoms with van der Waals surface area (Å²) in [6.07, 6.45) is 4.62. The van der Waals surface area contributed by atoms with Gasteiger partial charge in [-0.3, -0.25) is 4.79 Å². The molecule has 36 heavy (non-hydrogen) atoms. The van der Waals surface area contributed by atoms with Gasteiger partial charge in [-0.2, -0.15) is 0 Å². The maximum Gasteiger partial charge on any atom is 0.224 e. The Bertz CT molecular complexity index is 1320. The number of nitrogens with zero attached hydrogens (tertiary/aromatic N) is 1. The third-order valence-electron chi connectivity index (χ3n) is 6.13. The number of carbonyl (C=O) groups excluding carboxylic acids is 1. The first-order valence-electron chi connectivity index (χ1n) is 12.1. The van der Waals surface area contributed by atoms with E-state index in [0.29, 0.717) is 13.0 Å². The van der Waals surface area contributed by atoms with Crippen molar-refractivity contribution in [3.63, 3.8) is 0 Å². The predicted molar refractivity (Wildman–Crippen MR) is 150 cm³/mol. The van der Waals surface area contributed by atoms with Crippen molar-refractivity contribution in [2.75, 3.05) is 26.1 Å². The second-order valence-electron chi connectivity index (χ2n) is 8.87. The third kappa shape index (κ3) is 6.42. The fraction of sp³-hybridized carbons (Fsp3) is 0.156. The smallest absolute Gasteiger partial charge is 0.224 e. The van der Waals surface area contributed by atoms with Crippen LogP contribution >= 0.6 is 0 Å². The van der Waals surface area contributed by atoms with Crippen molar-refractivity contribution in [2.45, 2.75) is 13.0 Å². The van der Waals surface area contributed by atoms with Gasteiger partial charge in [-0.05, 0) is 57.6 Å². The van der Waals surface area contributed by atoms with Crippen LogP contribution in [0.4, 0.5) is 5.69 Å². The number of methoxy groups -OCH3 is 1. The normalized spacial score (nSPS) is 10.9. The number of hydrogen-bond acceptors (Lipinski definition) is 3. The SMILES string of the molecule is COc1ccc(CC(=O)NCc2ccccc2-c2ccccc2C=Cc2ccc(N(C)C)cc2)cc1. The first-order chi connectivity index (χ1) is 17.5. The first kappa shape index (κ1) is 24.8. The highest BCUT2D eigenvalue weighted by Gasteiger charge is 2.10. The van der Waals surface area contributed by atoms with Gasteiger partial charge < -0.3 is 15.0 Å². The van der Waals surface area contributed by atoms with Crippen LogP contribution in [0.5, 0.6) is 5.75 Å². The molecule has 0 saturated carbocycles. The minimum atomic E-state index is -0.00989. The van der Waals surface area contributed by atoms with Crippen LogP contribution in [0.3, 0.4) is 0 Å². The Labute approximate surface area is 213 Å². The van der Waals surface area contributed by atoms with Crippen molar-refractivity contribution in [3.8, 4) is 16.9 Å². The molecule has 4 aromatic carbocycles. The van der Waals surface area contributed by atoms with Gasteiger partial charge in [-0.1, -0.05) is 84.9 Å². The predicted octanol–water partition coefficient (Wildman–Crippen LogP) is 6.46. The van der Waals surface area contributed by atoms with Crippen molar-refractivity contribution in [3.05, 3.63) is 119 Å². The topological polar surface area (TPSA) is 41.6 Å². The van der Waals surface area contributed by atoms with E-state index in [1.54, 1.807) is 7.11 Å². The summed E-state index contributed by atoms with van der Waals surface area (Å²) in [7, 11) is 5.72. The minimum Gasteiger partial charge on any atom is -0.497 e. The summed E-state index contributed by atoms with van der Waals surface area (Å²) in [5.74, 6) is 0.774. The van der Waals surface area contributed by atoms with Crippen molar-refractivity contribution < 1.29 is 9.53 Å². The molecule has 4 nitrogen and oxygen atoms in total. The maximum atomic E-state index is 12.6. The van der Waals surface area contributed by atoms with Gasteiger partial charge in [0.05, 0.1) is 13.5 Å². The third-order valence-corrected chi connectivity index (χ3v) is 6.13. The van der Waals surface area contributed by atoms with Gasteiger partial charge in [0, 0.05) is 26.3 Å². The van der Waals surface area contributed by atoms with Gasteiger partial charge >= 0.3 is 0 Å². The number of amides is 1. The molecule has 0 heterocycles. The molecule has 0 spiro atoms. The van der Waals surface area contributed by atoms with Crippen LogP contribution in [-0.2, 0) is 17.8 Å². The van der Waals surface area contributed by atoms with E-state index >= 15 is 0 Å². The van der Waals surface area contributed by atoms with Crippen LogP contribution in [0.15, 0.2) is 97.1 Å². The summed E-state index contributed by atoms with van der Waals surface area (Å²) in [4.78, 5) is 14.7. The molecule has 0 aliphatic carbocycles. The summed E-state index contributed by atoms with van der Waals surface area (Å²) >= 11 is 0. The highest BCUT2D eigenvalue weighted by molar-refractivity contribution is 5.83. The molecular weight excluding hydrogens is 444 g/mol. The molecule has 4 rings (SSSR count). The Hall–Kier alpha value is -4.31. The fourth-order valence-corrected chi connectivity index (χ4v) is 4.08. The lowest BCUT2D eigenvalue weighted by atomic mass is 9.94. The Kier molecular flexibility index (Phi) is 8.20. The summed E-state index contributed by atoms with van der Waals surface area (Å²) < 4.78 is 5.19. The Morgan fingerprint density at radius 2 is 1.47 bits per heavy atom. The molecule has 0 atom stereocenters. The highest BCUT2D eigenvalue weighted by atomic mass is 16.5. The quantitative estimate of drug-likeness (QED) is 0.282. The van der Waals surface area contributed by atoms with Crippen molar-refractivity contribution in [2.24, 2.45) is 0 Å². The lowest BCUT2D eigenvalue weighted by molar-refractivity contribution is -0.120. The summed E-state index contributed by atoms with van der Waals surface area (Å²) in [5.41, 5.74) is 7.74. The molecule has 4 aromatic rings. The van der Waals surface area contributed by atoms with Gasteiger partial charge in [-0.25, -0.2) is 0 Å². The number of rotatable bonds is 9. The van der Waals surface area contributed by atoms with E-state index in [9.17, 15) is 4.79 Å². The largest absolute Gasteiger partial charge is 0.497 e. The number of hydrogen-bond donors (Lipinski definition) is 1. The van der Waals surface area contributed by atoms with E-state index in [1.165, 1.54) is 5.69 Å². The van der Waals surface area contributed by atoms with Gasteiger partial charge in [0.25, 0.3) is 0 Å². The number of benzene rings is 4. The van der Waals surface area contributed by atoms with Crippen LogP contribution < -0.4 is 15.0 Å². The van der Waals surface area contributed by atoms with Crippen molar-refractivity contribution in [1.29, 1.82) is 0 Å². The van der Waals surface area contributed by atoms with E-state index in [4.69, 9.17) is 4.74 Å². The molecule has 0 bridgehead atoms. The molecule has 0 saturated heterocycles. The lowest BCUT2D eigenvalue weighted by Gasteiger charge is -2.14. The molecule has 0 unspecified atom stereocenters. The highest BCUT2D eigenvalue weighted by Crippen LogP contribution is 2.29. The van der Waals surface area contributed by atoms with Gasteiger partial charge in [0.15, 0.2) is 0 Å². The lowest BCUT2D eigenvalue weighted by Crippen LogP contribution is -2.24. The molecule has 0 radical (unpaired) electrons. The number of ether oxygens (including phenoxy) is 1. The fourth-order valence-electron chi connectivity index (χ4n) is 4.08. The Morgan fingerprint density at radius 1 is 0.806 bits per heavy atom. The zero-order chi connectivity index (χ0) is 25.3. The summed E-state index contributed by atoms with van der Waals surface area (Å²) in [6, 6.07) is 32.7. The standard InChI is InChI=1S/C32H32N2O2/c1-34(2)28-18-13-24(14-19-28)12-17-26-8-4-6-10-30(26)31-11-7-5-9-27(31)23-33-32(35)22-25-15-20-29(36-3)21-16-25/h4-21H,22-23H2,1-3H3,(H,33,35). The van der Waals surface area contributed by atoms with E-state index in [2.05, 4.69) is 83.0 Å². The van der Waals surface area contributed by atoms with E-state index < -0.39 is 0 Å². The zero-order valence-electron chi connectivity index (χ0n) is 21.1. The molecule has 0 aliphatic rings. The number of anilines is 1. The molecule has 0 aliphatic heterocycles. The zero-order valence-corrected chi connectivity index (χ0v) is 21.1.